The average molecular weight is 313 g/mol. The van der Waals surface area contributed by atoms with Crippen LogP contribution in [0.15, 0.2) is 62.1 Å². The molecule has 2 aromatic heterocycles. The van der Waals surface area contributed by atoms with Gasteiger partial charge in [-0.1, -0.05) is 45.6 Å². The summed E-state index contributed by atoms with van der Waals surface area (Å²) in [6.45, 7) is 15.2. The molecule has 0 atom stereocenters. The number of fused-ring (bicyclic) bond motifs is 1. The van der Waals surface area contributed by atoms with Crippen molar-refractivity contribution < 1.29 is 0 Å². The van der Waals surface area contributed by atoms with E-state index in [1.807, 2.05) is 51.4 Å². The van der Waals surface area contributed by atoms with Crippen molar-refractivity contribution in [3.63, 3.8) is 0 Å². The van der Waals surface area contributed by atoms with Crippen LogP contribution >= 0.6 is 0 Å². The summed E-state index contributed by atoms with van der Waals surface area (Å²) in [6, 6.07) is 3.99. The molecule has 0 bridgehead atoms. The summed E-state index contributed by atoms with van der Waals surface area (Å²) >= 11 is 0. The van der Waals surface area contributed by atoms with E-state index in [2.05, 4.69) is 41.9 Å². The number of allylic oxidation sites excluding steroid dienone is 4. The van der Waals surface area contributed by atoms with E-state index in [9.17, 15) is 0 Å². The van der Waals surface area contributed by atoms with Crippen LogP contribution in [0.25, 0.3) is 16.3 Å². The second-order valence-electron chi connectivity index (χ2n) is 3.94. The van der Waals surface area contributed by atoms with E-state index >= 15 is 0 Å². The van der Waals surface area contributed by atoms with Gasteiger partial charge in [-0.05, 0) is 43.5 Å². The van der Waals surface area contributed by atoms with Crippen molar-refractivity contribution in [1.29, 1.82) is 0 Å². The minimum Gasteiger partial charge on any atom is -0.333 e. The zero-order valence-corrected chi connectivity index (χ0v) is 15.2. The highest BCUT2D eigenvalue weighted by Gasteiger charge is 2.04. The highest BCUT2D eigenvalue weighted by atomic mass is 14.7. The van der Waals surface area contributed by atoms with Gasteiger partial charge < -0.3 is 5.73 Å². The van der Waals surface area contributed by atoms with E-state index in [0.717, 1.165) is 28.5 Å². The monoisotopic (exact) mass is 313 g/mol. The Morgan fingerprint density at radius 1 is 1.17 bits per heavy atom. The van der Waals surface area contributed by atoms with Crippen molar-refractivity contribution in [3.8, 4) is 0 Å². The molecule has 23 heavy (non-hydrogen) atoms. The molecule has 0 saturated heterocycles. The molecule has 0 aromatic carbocycles. The molecule has 0 saturated carbocycles. The maximum absolute atomic E-state index is 4.50. The lowest BCUT2D eigenvalue weighted by Gasteiger charge is -2.05. The summed E-state index contributed by atoms with van der Waals surface area (Å²) < 4.78 is 0. The van der Waals surface area contributed by atoms with Crippen molar-refractivity contribution in [2.75, 3.05) is 7.05 Å². The SMILES string of the molecule is C=C/C(=C\CC)c1nccc2ccncc12.C=CC.CC.CN. The van der Waals surface area contributed by atoms with Gasteiger partial charge in [0.25, 0.3) is 0 Å². The van der Waals surface area contributed by atoms with E-state index < -0.39 is 0 Å². The minimum atomic E-state index is 0.961. The molecule has 2 aromatic rings. The Kier molecular flexibility index (Phi) is 16.1. The molecule has 2 N–H and O–H groups in total. The molecule has 126 valence electrons. The Hall–Kier alpha value is -2.26. The smallest absolute Gasteiger partial charge is 0.0792 e. The van der Waals surface area contributed by atoms with Crippen molar-refractivity contribution >= 4 is 16.3 Å². The van der Waals surface area contributed by atoms with Crippen molar-refractivity contribution in [1.82, 2.24) is 9.97 Å². The highest BCUT2D eigenvalue weighted by molar-refractivity contribution is 5.93. The number of nitrogens with zero attached hydrogens (tertiary/aromatic N) is 2. The van der Waals surface area contributed by atoms with Crippen LogP contribution in [0.3, 0.4) is 0 Å². The van der Waals surface area contributed by atoms with Gasteiger partial charge in [-0.3, -0.25) is 9.97 Å². The molecule has 2 rings (SSSR count). The zero-order valence-electron chi connectivity index (χ0n) is 15.2. The number of hydrogen-bond acceptors (Lipinski definition) is 3. The van der Waals surface area contributed by atoms with Crippen LogP contribution in [0, 0.1) is 0 Å². The number of hydrogen-bond donors (Lipinski definition) is 1. The molecule has 0 amide bonds. The molecule has 0 radical (unpaired) electrons. The molecular weight excluding hydrogens is 282 g/mol. The Morgan fingerprint density at radius 3 is 2.26 bits per heavy atom. The number of nitrogens with two attached hydrogens (primary N) is 1. The van der Waals surface area contributed by atoms with Crippen LogP contribution in [0.2, 0.25) is 0 Å². The van der Waals surface area contributed by atoms with Crippen LogP contribution in [0.5, 0.6) is 0 Å². The number of pyridine rings is 2. The molecule has 0 aliphatic carbocycles. The number of rotatable bonds is 3. The topological polar surface area (TPSA) is 51.8 Å². The lowest BCUT2D eigenvalue weighted by Crippen LogP contribution is -1.89. The maximum atomic E-state index is 4.50. The quantitative estimate of drug-likeness (QED) is 0.609. The summed E-state index contributed by atoms with van der Waals surface area (Å²) in [5.74, 6) is 0. The first-order valence-electron chi connectivity index (χ1n) is 7.94. The van der Waals surface area contributed by atoms with E-state index in [1.165, 1.54) is 7.05 Å². The number of aromatic nitrogens is 2. The summed E-state index contributed by atoms with van der Waals surface area (Å²) in [4.78, 5) is 8.57. The Morgan fingerprint density at radius 2 is 1.74 bits per heavy atom. The molecular formula is C20H31N3. The van der Waals surface area contributed by atoms with Gasteiger partial charge in [0, 0.05) is 24.0 Å². The van der Waals surface area contributed by atoms with Crippen molar-refractivity contribution in [2.45, 2.75) is 34.1 Å². The highest BCUT2D eigenvalue weighted by Crippen LogP contribution is 2.22. The van der Waals surface area contributed by atoms with E-state index in [1.54, 1.807) is 12.3 Å². The largest absolute Gasteiger partial charge is 0.333 e. The fourth-order valence-electron chi connectivity index (χ4n) is 1.74. The fraction of sp³-hybridized carbons (Fsp3) is 0.300. The molecule has 0 unspecified atom stereocenters. The first-order chi connectivity index (χ1) is 11.3. The maximum Gasteiger partial charge on any atom is 0.0792 e. The molecule has 0 spiro atoms. The molecule has 0 aliphatic heterocycles. The molecule has 2 heterocycles. The van der Waals surface area contributed by atoms with Gasteiger partial charge in [-0.15, -0.1) is 6.58 Å². The van der Waals surface area contributed by atoms with Gasteiger partial charge in [0.05, 0.1) is 5.69 Å². The average Bonchev–Trinajstić information content (AvgIpc) is 2.63. The van der Waals surface area contributed by atoms with Gasteiger partial charge in [0.1, 0.15) is 0 Å². The normalized spacial score (nSPS) is 9.22. The summed E-state index contributed by atoms with van der Waals surface area (Å²) in [5.41, 5.74) is 6.53. The van der Waals surface area contributed by atoms with Crippen LogP contribution in [-0.4, -0.2) is 17.0 Å². The predicted octanol–water partition coefficient (Wildman–Crippen LogP) is 5.40. The zero-order chi connectivity index (χ0) is 18.1. The first kappa shape index (κ1) is 23.0. The third-order valence-electron chi connectivity index (χ3n) is 2.49. The summed E-state index contributed by atoms with van der Waals surface area (Å²) in [7, 11) is 1.50. The van der Waals surface area contributed by atoms with Crippen LogP contribution in [-0.2, 0) is 0 Å². The third kappa shape index (κ3) is 8.07. The second-order valence-corrected chi connectivity index (χ2v) is 3.94. The Labute approximate surface area is 141 Å². The van der Waals surface area contributed by atoms with Gasteiger partial charge in [-0.2, -0.15) is 0 Å². The van der Waals surface area contributed by atoms with Gasteiger partial charge in [0.2, 0.25) is 0 Å². The molecule has 3 nitrogen and oxygen atoms in total. The Bertz CT molecular complexity index is 581. The predicted molar refractivity (Wildman–Crippen MR) is 105 cm³/mol. The van der Waals surface area contributed by atoms with Crippen molar-refractivity contribution in [2.24, 2.45) is 5.73 Å². The molecule has 0 aliphatic rings. The fourth-order valence-corrected chi connectivity index (χ4v) is 1.74. The van der Waals surface area contributed by atoms with E-state index in [0.29, 0.717) is 0 Å². The molecule has 3 heteroatoms. The standard InChI is InChI=1S/C14H14N2.C3H6.C2H6.CH5N/c1-3-5-11(4-2)14-13-10-15-8-6-12(13)7-9-16-14;1-3-2;2*1-2/h4-10H,2-3H2,1H3;3H,1H2,2H3;1-2H3;2H2,1H3/b11-5+;;;. The minimum absolute atomic E-state index is 0.961. The van der Waals surface area contributed by atoms with E-state index in [-0.39, 0.29) is 0 Å². The third-order valence-corrected chi connectivity index (χ3v) is 2.49. The summed E-state index contributed by atoms with van der Waals surface area (Å²) in [6.07, 6.45) is 12.2. The van der Waals surface area contributed by atoms with Crippen LogP contribution < -0.4 is 5.73 Å². The van der Waals surface area contributed by atoms with Gasteiger partial charge in [-0.25, -0.2) is 0 Å². The summed E-state index contributed by atoms with van der Waals surface area (Å²) in [5, 5.41) is 2.23. The second kappa shape index (κ2) is 16.1. The molecule has 0 fully saturated rings. The first-order valence-corrected chi connectivity index (χ1v) is 7.94. The van der Waals surface area contributed by atoms with E-state index in [4.69, 9.17) is 0 Å². The lowest BCUT2D eigenvalue weighted by molar-refractivity contribution is 1.21. The van der Waals surface area contributed by atoms with Gasteiger partial charge >= 0.3 is 0 Å². The van der Waals surface area contributed by atoms with Gasteiger partial charge in [0.15, 0.2) is 0 Å². The Balaban J connectivity index is 0. The van der Waals surface area contributed by atoms with Crippen LogP contribution in [0.4, 0.5) is 0 Å². The lowest BCUT2D eigenvalue weighted by atomic mass is 10.1. The van der Waals surface area contributed by atoms with Crippen LogP contribution in [0.1, 0.15) is 39.8 Å². The van der Waals surface area contributed by atoms with Crippen molar-refractivity contribution in [3.05, 3.63) is 67.8 Å².